The molecule has 0 aliphatic heterocycles. The molecule has 0 saturated carbocycles. The molecular formula is C20H23N3O4S. The summed E-state index contributed by atoms with van der Waals surface area (Å²) in [6.45, 7) is 5.20. The van der Waals surface area contributed by atoms with E-state index in [1.54, 1.807) is 0 Å². The molecule has 0 radical (unpaired) electrons. The molecular weight excluding hydrogens is 378 g/mol. The number of nitrogens with zero attached hydrogens (tertiary/aromatic N) is 2. The summed E-state index contributed by atoms with van der Waals surface area (Å²) in [7, 11) is 0. The van der Waals surface area contributed by atoms with Crippen molar-refractivity contribution in [3.05, 3.63) is 47.2 Å². The Labute approximate surface area is 167 Å². The van der Waals surface area contributed by atoms with Gasteiger partial charge in [-0.25, -0.2) is 0 Å². The Bertz CT molecular complexity index is 893. The Kier molecular flexibility index (Phi) is 7.02. The number of ether oxygens (including phenoxy) is 2. The maximum absolute atomic E-state index is 12.2. The molecule has 1 amide bonds. The molecule has 0 aliphatic carbocycles. The topological polar surface area (TPSA) is 86.5 Å². The van der Waals surface area contributed by atoms with Crippen molar-refractivity contribution in [2.45, 2.75) is 33.2 Å². The van der Waals surface area contributed by atoms with Crippen LogP contribution in [0.15, 0.2) is 40.2 Å². The minimum atomic E-state index is -0.0808. The summed E-state index contributed by atoms with van der Waals surface area (Å²) in [5.74, 6) is 2.26. The highest BCUT2D eigenvalue weighted by atomic mass is 32.1. The molecule has 2 aromatic heterocycles. The Hall–Kier alpha value is -2.87. The Morgan fingerprint density at radius 1 is 1.18 bits per heavy atom. The van der Waals surface area contributed by atoms with Crippen molar-refractivity contribution < 1.29 is 18.8 Å². The van der Waals surface area contributed by atoms with Gasteiger partial charge >= 0.3 is 0 Å². The van der Waals surface area contributed by atoms with Crippen LogP contribution < -0.4 is 14.8 Å². The number of amides is 1. The molecule has 3 aromatic rings. The molecule has 0 unspecified atom stereocenters. The molecule has 28 heavy (non-hydrogen) atoms. The number of benzene rings is 1. The quantitative estimate of drug-likeness (QED) is 0.555. The third-order valence-corrected chi connectivity index (χ3v) is 4.76. The molecule has 8 heteroatoms. The summed E-state index contributed by atoms with van der Waals surface area (Å²) in [4.78, 5) is 17.4. The number of hydrogen-bond donors (Lipinski definition) is 1. The number of rotatable bonds is 10. The summed E-state index contributed by atoms with van der Waals surface area (Å²) in [5.41, 5.74) is 1.01. The lowest BCUT2D eigenvalue weighted by Crippen LogP contribution is -2.23. The summed E-state index contributed by atoms with van der Waals surface area (Å²) >= 11 is 1.54. The van der Waals surface area contributed by atoms with Gasteiger partial charge in [-0.05, 0) is 49.4 Å². The van der Waals surface area contributed by atoms with Gasteiger partial charge in [-0.1, -0.05) is 17.3 Å². The van der Waals surface area contributed by atoms with Crippen molar-refractivity contribution in [3.63, 3.8) is 0 Å². The zero-order valence-corrected chi connectivity index (χ0v) is 16.8. The highest BCUT2D eigenvalue weighted by molar-refractivity contribution is 7.13. The van der Waals surface area contributed by atoms with Gasteiger partial charge in [-0.3, -0.25) is 4.79 Å². The van der Waals surface area contributed by atoms with Gasteiger partial charge in [0.2, 0.25) is 17.6 Å². The van der Waals surface area contributed by atoms with Crippen molar-refractivity contribution in [2.24, 2.45) is 0 Å². The van der Waals surface area contributed by atoms with Gasteiger partial charge in [0.25, 0.3) is 0 Å². The maximum atomic E-state index is 12.2. The van der Waals surface area contributed by atoms with E-state index in [0.717, 1.165) is 16.2 Å². The van der Waals surface area contributed by atoms with E-state index < -0.39 is 0 Å². The van der Waals surface area contributed by atoms with Crippen LogP contribution in [0.3, 0.4) is 0 Å². The summed E-state index contributed by atoms with van der Waals surface area (Å²) in [6, 6.07) is 9.60. The number of nitrogens with one attached hydrogen (secondary N) is 1. The van der Waals surface area contributed by atoms with Gasteiger partial charge in [-0.2, -0.15) is 4.98 Å². The van der Waals surface area contributed by atoms with Crippen LogP contribution in [0.1, 0.15) is 31.7 Å². The van der Waals surface area contributed by atoms with Crippen molar-refractivity contribution in [1.29, 1.82) is 0 Å². The van der Waals surface area contributed by atoms with Gasteiger partial charge in [0, 0.05) is 6.42 Å². The number of aromatic nitrogens is 2. The molecule has 0 saturated heterocycles. The fourth-order valence-electron chi connectivity index (χ4n) is 2.60. The predicted molar refractivity (Wildman–Crippen MR) is 107 cm³/mol. The van der Waals surface area contributed by atoms with Gasteiger partial charge in [0.1, 0.15) is 0 Å². The standard InChI is InChI=1S/C20H23N3O4S/c1-3-25-15-9-7-14(12-16(15)26-4-2)8-10-18(24)21-13-19-22-20(23-27-19)17-6-5-11-28-17/h5-7,9,11-12H,3-4,8,10,13H2,1-2H3,(H,21,24). The van der Waals surface area contributed by atoms with Crippen molar-refractivity contribution in [1.82, 2.24) is 15.5 Å². The molecule has 7 nitrogen and oxygen atoms in total. The third-order valence-electron chi connectivity index (χ3n) is 3.89. The fourth-order valence-corrected chi connectivity index (χ4v) is 3.25. The zero-order valence-electron chi connectivity index (χ0n) is 15.9. The maximum Gasteiger partial charge on any atom is 0.246 e. The second-order valence-electron chi connectivity index (χ2n) is 5.91. The zero-order chi connectivity index (χ0) is 19.8. The van der Waals surface area contributed by atoms with Gasteiger partial charge in [0.15, 0.2) is 11.5 Å². The second-order valence-corrected chi connectivity index (χ2v) is 6.86. The van der Waals surface area contributed by atoms with Crippen molar-refractivity contribution >= 4 is 17.2 Å². The number of thiophene rings is 1. The van der Waals surface area contributed by atoms with E-state index >= 15 is 0 Å². The molecule has 0 fully saturated rings. The Morgan fingerprint density at radius 2 is 2.00 bits per heavy atom. The molecule has 148 valence electrons. The van der Waals surface area contributed by atoms with E-state index in [1.165, 1.54) is 11.3 Å². The molecule has 0 aliphatic rings. The minimum Gasteiger partial charge on any atom is -0.490 e. The Balaban J connectivity index is 1.49. The van der Waals surface area contributed by atoms with Gasteiger partial charge < -0.3 is 19.3 Å². The van der Waals surface area contributed by atoms with E-state index in [4.69, 9.17) is 14.0 Å². The van der Waals surface area contributed by atoms with Gasteiger partial charge in [-0.15, -0.1) is 11.3 Å². The van der Waals surface area contributed by atoms with E-state index in [-0.39, 0.29) is 12.5 Å². The van der Waals surface area contributed by atoms with E-state index in [2.05, 4.69) is 15.5 Å². The van der Waals surface area contributed by atoms with Crippen LogP contribution in [0, 0.1) is 0 Å². The number of hydrogen-bond acceptors (Lipinski definition) is 7. The first-order valence-electron chi connectivity index (χ1n) is 9.21. The SMILES string of the molecule is CCOc1ccc(CCC(=O)NCc2nc(-c3cccs3)no2)cc1OCC. The first kappa shape index (κ1) is 19.9. The summed E-state index contributed by atoms with van der Waals surface area (Å²) in [6.07, 6.45) is 0.952. The van der Waals surface area contributed by atoms with Gasteiger partial charge in [0.05, 0.1) is 24.6 Å². The van der Waals surface area contributed by atoms with E-state index in [0.29, 0.717) is 43.5 Å². The van der Waals surface area contributed by atoms with Crippen LogP contribution in [0.5, 0.6) is 11.5 Å². The molecule has 1 N–H and O–H groups in total. The molecule has 0 atom stereocenters. The van der Waals surface area contributed by atoms with Crippen molar-refractivity contribution in [2.75, 3.05) is 13.2 Å². The lowest BCUT2D eigenvalue weighted by Gasteiger charge is -2.12. The highest BCUT2D eigenvalue weighted by Gasteiger charge is 2.11. The number of carbonyl (C=O) groups excluding carboxylic acids is 1. The lowest BCUT2D eigenvalue weighted by atomic mass is 10.1. The van der Waals surface area contributed by atoms with Crippen LogP contribution in [0.4, 0.5) is 0 Å². The Morgan fingerprint density at radius 3 is 2.75 bits per heavy atom. The lowest BCUT2D eigenvalue weighted by molar-refractivity contribution is -0.121. The fraction of sp³-hybridized carbons (Fsp3) is 0.350. The molecule has 2 heterocycles. The second kappa shape index (κ2) is 9.89. The normalized spacial score (nSPS) is 10.6. The largest absolute Gasteiger partial charge is 0.490 e. The monoisotopic (exact) mass is 401 g/mol. The molecule has 0 spiro atoms. The number of carbonyl (C=O) groups is 1. The van der Waals surface area contributed by atoms with Crippen LogP contribution >= 0.6 is 11.3 Å². The summed E-state index contributed by atoms with van der Waals surface area (Å²) < 4.78 is 16.4. The van der Waals surface area contributed by atoms with Crippen LogP contribution in [0.2, 0.25) is 0 Å². The van der Waals surface area contributed by atoms with Crippen molar-refractivity contribution in [3.8, 4) is 22.2 Å². The van der Waals surface area contributed by atoms with Crippen LogP contribution in [-0.4, -0.2) is 29.3 Å². The minimum absolute atomic E-state index is 0.0808. The smallest absolute Gasteiger partial charge is 0.246 e. The molecule has 1 aromatic carbocycles. The number of aryl methyl sites for hydroxylation is 1. The first-order valence-corrected chi connectivity index (χ1v) is 10.1. The van der Waals surface area contributed by atoms with E-state index in [1.807, 2.05) is 49.6 Å². The van der Waals surface area contributed by atoms with Crippen LogP contribution in [0.25, 0.3) is 10.7 Å². The van der Waals surface area contributed by atoms with E-state index in [9.17, 15) is 4.79 Å². The molecule has 0 bridgehead atoms. The predicted octanol–water partition coefficient (Wildman–Crippen LogP) is 3.84. The first-order chi connectivity index (χ1) is 13.7. The third kappa shape index (κ3) is 5.32. The highest BCUT2D eigenvalue weighted by Crippen LogP contribution is 2.29. The average molecular weight is 401 g/mol. The average Bonchev–Trinajstić information content (AvgIpc) is 3.38. The summed E-state index contributed by atoms with van der Waals surface area (Å²) in [5, 5.41) is 8.69. The molecule has 3 rings (SSSR count). The van der Waals surface area contributed by atoms with Crippen LogP contribution in [-0.2, 0) is 17.8 Å².